The molecule has 3 heteroatoms. The molecule has 88 valence electrons. The summed E-state index contributed by atoms with van der Waals surface area (Å²) >= 11 is 0. The van der Waals surface area contributed by atoms with Crippen LogP contribution in [-0.2, 0) is 4.74 Å². The van der Waals surface area contributed by atoms with E-state index in [1.54, 1.807) is 7.11 Å². The molecule has 0 spiro atoms. The topological polar surface area (TPSA) is 24.5 Å². The second kappa shape index (κ2) is 5.83. The number of nitrogens with one attached hydrogen (secondary N) is 1. The molecule has 15 heavy (non-hydrogen) atoms. The first kappa shape index (κ1) is 11.4. The van der Waals surface area contributed by atoms with Crippen molar-refractivity contribution in [3.63, 3.8) is 0 Å². The van der Waals surface area contributed by atoms with E-state index in [-0.39, 0.29) is 0 Å². The number of nitrogens with zero attached hydrogens (tertiary/aromatic N) is 1. The maximum absolute atomic E-state index is 5.19. The van der Waals surface area contributed by atoms with Gasteiger partial charge >= 0.3 is 0 Å². The number of hydrogen-bond acceptors (Lipinski definition) is 3. The molecule has 0 aromatic carbocycles. The second-order valence-corrected chi connectivity index (χ2v) is 5.02. The minimum atomic E-state index is 0.602. The van der Waals surface area contributed by atoms with Crippen molar-refractivity contribution in [3.8, 4) is 0 Å². The van der Waals surface area contributed by atoms with Crippen LogP contribution in [0.5, 0.6) is 0 Å². The lowest BCUT2D eigenvalue weighted by Gasteiger charge is -2.28. The molecule has 0 amide bonds. The highest BCUT2D eigenvalue weighted by Gasteiger charge is 2.25. The highest BCUT2D eigenvalue weighted by Crippen LogP contribution is 2.18. The number of rotatable bonds is 4. The number of likely N-dealkylation sites (tertiary alicyclic amines) is 1. The van der Waals surface area contributed by atoms with Gasteiger partial charge in [0.15, 0.2) is 0 Å². The van der Waals surface area contributed by atoms with Gasteiger partial charge in [-0.15, -0.1) is 0 Å². The fourth-order valence-electron chi connectivity index (χ4n) is 2.88. The first-order chi connectivity index (χ1) is 7.38. The second-order valence-electron chi connectivity index (χ2n) is 5.02. The van der Waals surface area contributed by atoms with Gasteiger partial charge in [-0.1, -0.05) is 6.42 Å². The van der Waals surface area contributed by atoms with Crippen LogP contribution in [0.25, 0.3) is 0 Å². The first-order valence-electron chi connectivity index (χ1n) is 6.33. The van der Waals surface area contributed by atoms with Crippen molar-refractivity contribution >= 4 is 0 Å². The summed E-state index contributed by atoms with van der Waals surface area (Å²) in [4.78, 5) is 2.64. The zero-order valence-corrected chi connectivity index (χ0v) is 9.87. The third-order valence-electron chi connectivity index (χ3n) is 3.65. The zero-order valence-electron chi connectivity index (χ0n) is 9.87. The predicted octanol–water partition coefficient (Wildman–Crippen LogP) is 1.10. The van der Waals surface area contributed by atoms with Crippen LogP contribution < -0.4 is 5.32 Å². The van der Waals surface area contributed by atoms with Gasteiger partial charge in [-0.3, -0.25) is 0 Å². The SMILES string of the molecule is COCC1CC(CN2CCCCC2)CN1. The Labute approximate surface area is 93.2 Å². The Morgan fingerprint density at radius 2 is 2.07 bits per heavy atom. The molecular weight excluding hydrogens is 188 g/mol. The standard InChI is InChI=1S/C12H24N2O/c1-15-10-12-7-11(8-13-12)9-14-5-3-2-4-6-14/h11-13H,2-10H2,1H3. The van der Waals surface area contributed by atoms with E-state index in [2.05, 4.69) is 10.2 Å². The molecule has 2 aliphatic rings. The maximum Gasteiger partial charge on any atom is 0.0615 e. The average Bonchev–Trinajstić information content (AvgIpc) is 2.68. The van der Waals surface area contributed by atoms with Crippen molar-refractivity contribution in [2.24, 2.45) is 5.92 Å². The molecule has 0 saturated carbocycles. The third-order valence-corrected chi connectivity index (χ3v) is 3.65. The molecule has 0 aromatic heterocycles. The van der Waals surface area contributed by atoms with E-state index in [1.807, 2.05) is 0 Å². The van der Waals surface area contributed by atoms with E-state index in [1.165, 1.54) is 51.9 Å². The van der Waals surface area contributed by atoms with Crippen LogP contribution in [0.4, 0.5) is 0 Å². The molecule has 2 atom stereocenters. The summed E-state index contributed by atoms with van der Waals surface area (Å²) in [5, 5.41) is 3.55. The highest BCUT2D eigenvalue weighted by atomic mass is 16.5. The molecule has 2 fully saturated rings. The maximum atomic E-state index is 5.19. The third kappa shape index (κ3) is 3.44. The quantitative estimate of drug-likeness (QED) is 0.755. The Morgan fingerprint density at radius 1 is 1.27 bits per heavy atom. The molecule has 2 aliphatic heterocycles. The van der Waals surface area contributed by atoms with E-state index in [0.29, 0.717) is 6.04 Å². The molecule has 1 N–H and O–H groups in total. The molecule has 2 heterocycles. The summed E-state index contributed by atoms with van der Waals surface area (Å²) in [5.74, 6) is 0.850. The van der Waals surface area contributed by atoms with Gasteiger partial charge in [0.1, 0.15) is 0 Å². The van der Waals surface area contributed by atoms with Crippen molar-refractivity contribution in [2.75, 3.05) is 39.9 Å². The molecule has 3 nitrogen and oxygen atoms in total. The van der Waals surface area contributed by atoms with Crippen molar-refractivity contribution in [1.29, 1.82) is 0 Å². The van der Waals surface area contributed by atoms with E-state index >= 15 is 0 Å². The van der Waals surface area contributed by atoms with Gasteiger partial charge in [-0.05, 0) is 44.8 Å². The smallest absolute Gasteiger partial charge is 0.0615 e. The lowest BCUT2D eigenvalue weighted by atomic mass is 10.0. The van der Waals surface area contributed by atoms with Gasteiger partial charge < -0.3 is 15.0 Å². The van der Waals surface area contributed by atoms with E-state index in [0.717, 1.165) is 12.5 Å². The Balaban J connectivity index is 1.67. The molecule has 0 radical (unpaired) electrons. The molecule has 2 unspecified atom stereocenters. The summed E-state index contributed by atoms with van der Waals surface area (Å²) in [6.45, 7) is 6.01. The Bertz CT molecular complexity index is 180. The zero-order chi connectivity index (χ0) is 10.5. The van der Waals surface area contributed by atoms with Crippen molar-refractivity contribution in [1.82, 2.24) is 10.2 Å². The van der Waals surface area contributed by atoms with E-state index in [9.17, 15) is 0 Å². The minimum Gasteiger partial charge on any atom is -0.383 e. The van der Waals surface area contributed by atoms with Crippen molar-refractivity contribution < 1.29 is 4.74 Å². The van der Waals surface area contributed by atoms with Crippen LogP contribution in [0.2, 0.25) is 0 Å². The van der Waals surface area contributed by atoms with Crippen LogP contribution >= 0.6 is 0 Å². The van der Waals surface area contributed by atoms with Gasteiger partial charge in [0.25, 0.3) is 0 Å². The summed E-state index contributed by atoms with van der Waals surface area (Å²) in [6.07, 6.45) is 5.54. The normalized spacial score (nSPS) is 33.4. The lowest BCUT2D eigenvalue weighted by molar-refractivity contribution is 0.167. The van der Waals surface area contributed by atoms with Crippen LogP contribution in [0.3, 0.4) is 0 Å². The Morgan fingerprint density at radius 3 is 2.80 bits per heavy atom. The fourth-order valence-corrected chi connectivity index (χ4v) is 2.88. The molecule has 2 saturated heterocycles. The van der Waals surface area contributed by atoms with Crippen LogP contribution in [0, 0.1) is 5.92 Å². The largest absolute Gasteiger partial charge is 0.383 e. The molecule has 2 rings (SSSR count). The van der Waals surface area contributed by atoms with Crippen LogP contribution in [-0.4, -0.2) is 50.8 Å². The van der Waals surface area contributed by atoms with Gasteiger partial charge in [0, 0.05) is 19.7 Å². The summed E-state index contributed by atoms with van der Waals surface area (Å²) in [5.41, 5.74) is 0. The average molecular weight is 212 g/mol. The molecule has 0 aliphatic carbocycles. The minimum absolute atomic E-state index is 0.602. The summed E-state index contributed by atoms with van der Waals surface area (Å²) in [6, 6.07) is 0.602. The Kier molecular flexibility index (Phi) is 4.42. The van der Waals surface area contributed by atoms with E-state index < -0.39 is 0 Å². The molecule has 0 bridgehead atoms. The highest BCUT2D eigenvalue weighted by molar-refractivity contribution is 4.83. The summed E-state index contributed by atoms with van der Waals surface area (Å²) < 4.78 is 5.19. The number of piperidine rings is 1. The van der Waals surface area contributed by atoms with Crippen molar-refractivity contribution in [2.45, 2.75) is 31.7 Å². The van der Waals surface area contributed by atoms with Gasteiger partial charge in [-0.25, -0.2) is 0 Å². The van der Waals surface area contributed by atoms with Crippen LogP contribution in [0.1, 0.15) is 25.7 Å². The first-order valence-corrected chi connectivity index (χ1v) is 6.33. The van der Waals surface area contributed by atoms with Gasteiger partial charge in [-0.2, -0.15) is 0 Å². The van der Waals surface area contributed by atoms with Crippen LogP contribution in [0.15, 0.2) is 0 Å². The van der Waals surface area contributed by atoms with Gasteiger partial charge in [0.05, 0.1) is 6.61 Å². The monoisotopic (exact) mass is 212 g/mol. The Hall–Kier alpha value is -0.120. The number of ether oxygens (including phenoxy) is 1. The van der Waals surface area contributed by atoms with Crippen molar-refractivity contribution in [3.05, 3.63) is 0 Å². The number of methoxy groups -OCH3 is 1. The predicted molar refractivity (Wildman–Crippen MR) is 62.1 cm³/mol. The van der Waals surface area contributed by atoms with E-state index in [4.69, 9.17) is 4.74 Å². The molecule has 0 aromatic rings. The fraction of sp³-hybridized carbons (Fsp3) is 1.00. The van der Waals surface area contributed by atoms with Gasteiger partial charge in [0.2, 0.25) is 0 Å². The lowest BCUT2D eigenvalue weighted by Crippen LogP contribution is -2.34. The summed E-state index contributed by atoms with van der Waals surface area (Å²) in [7, 11) is 1.79. The molecular formula is C12H24N2O. The number of hydrogen-bond donors (Lipinski definition) is 1.